The van der Waals surface area contributed by atoms with Crippen LogP contribution in [0.15, 0.2) is 89.1 Å². The molecule has 0 saturated carbocycles. The molecule has 0 aromatic heterocycles. The quantitative estimate of drug-likeness (QED) is 0.485. The monoisotopic (exact) mass is 344 g/mol. The molecule has 0 aliphatic carbocycles. The Kier molecular flexibility index (Phi) is 5.78. The lowest BCUT2D eigenvalue weighted by Crippen LogP contribution is -2.02. The molecule has 4 heteroatoms. The van der Waals surface area contributed by atoms with Crippen LogP contribution in [0.2, 0.25) is 0 Å². The first-order valence-corrected chi connectivity index (χ1v) is 8.25. The van der Waals surface area contributed by atoms with Crippen LogP contribution in [0.1, 0.15) is 16.7 Å². The second kappa shape index (κ2) is 8.62. The molecule has 0 aliphatic heterocycles. The lowest BCUT2D eigenvalue weighted by atomic mass is 10.0. The molecule has 3 aromatic carbocycles. The minimum absolute atomic E-state index is 0.659. The van der Waals surface area contributed by atoms with E-state index in [1.165, 1.54) is 0 Å². The summed E-state index contributed by atoms with van der Waals surface area (Å²) < 4.78 is 10.6. The van der Waals surface area contributed by atoms with Gasteiger partial charge < -0.3 is 9.47 Å². The number of rotatable bonds is 6. The van der Waals surface area contributed by atoms with Crippen LogP contribution in [0.25, 0.3) is 0 Å². The number of hydrogen-bond donors (Lipinski definition) is 0. The minimum atomic E-state index is 0.659. The highest BCUT2D eigenvalue weighted by Crippen LogP contribution is 2.26. The van der Waals surface area contributed by atoms with E-state index in [0.717, 1.165) is 22.4 Å². The van der Waals surface area contributed by atoms with Crippen molar-refractivity contribution in [3.05, 3.63) is 95.6 Å². The predicted octanol–water partition coefficient (Wildman–Crippen LogP) is 4.58. The van der Waals surface area contributed by atoms with Gasteiger partial charge in [0.1, 0.15) is 5.71 Å². The Morgan fingerprint density at radius 3 is 1.85 bits per heavy atom. The maximum absolute atomic E-state index is 5.32. The molecule has 0 heterocycles. The van der Waals surface area contributed by atoms with Gasteiger partial charge in [0, 0.05) is 11.1 Å². The van der Waals surface area contributed by atoms with E-state index < -0.39 is 0 Å². The van der Waals surface area contributed by atoms with Crippen molar-refractivity contribution in [2.24, 2.45) is 10.2 Å². The standard InChI is InChI=1S/C22H20N2O2/c1-25-20-14-13-17(15-21(20)26-2)16-23-24-22(18-9-5-3-6-10-18)19-11-7-4-8-12-19/h3-16H,1-2H3. The van der Waals surface area contributed by atoms with E-state index in [9.17, 15) is 0 Å². The van der Waals surface area contributed by atoms with E-state index in [2.05, 4.69) is 10.2 Å². The third-order valence-corrected chi connectivity index (χ3v) is 3.87. The zero-order valence-electron chi connectivity index (χ0n) is 14.8. The van der Waals surface area contributed by atoms with Crippen LogP contribution in [0.5, 0.6) is 11.5 Å². The van der Waals surface area contributed by atoms with Crippen LogP contribution < -0.4 is 9.47 Å². The first-order valence-electron chi connectivity index (χ1n) is 8.25. The summed E-state index contributed by atoms with van der Waals surface area (Å²) >= 11 is 0. The molecule has 0 amide bonds. The Hall–Kier alpha value is -3.40. The smallest absolute Gasteiger partial charge is 0.161 e. The van der Waals surface area contributed by atoms with Crippen molar-refractivity contribution in [3.8, 4) is 11.5 Å². The van der Waals surface area contributed by atoms with Crippen LogP contribution >= 0.6 is 0 Å². The zero-order chi connectivity index (χ0) is 18.2. The minimum Gasteiger partial charge on any atom is -0.493 e. The maximum atomic E-state index is 5.32. The number of ether oxygens (including phenoxy) is 2. The Bertz CT molecular complexity index is 862. The van der Waals surface area contributed by atoms with Crippen molar-refractivity contribution >= 4 is 11.9 Å². The van der Waals surface area contributed by atoms with E-state index >= 15 is 0 Å². The third-order valence-electron chi connectivity index (χ3n) is 3.87. The molecule has 0 unspecified atom stereocenters. The number of nitrogens with zero attached hydrogens (tertiary/aromatic N) is 2. The second-order valence-corrected chi connectivity index (χ2v) is 5.54. The van der Waals surface area contributed by atoms with Crippen LogP contribution in [0.4, 0.5) is 0 Å². The predicted molar refractivity (Wildman–Crippen MR) is 106 cm³/mol. The molecule has 0 fully saturated rings. The molecule has 26 heavy (non-hydrogen) atoms. The molecule has 0 aliphatic rings. The van der Waals surface area contributed by atoms with Crippen LogP contribution in [-0.4, -0.2) is 26.1 Å². The van der Waals surface area contributed by atoms with Crippen LogP contribution in [0, 0.1) is 0 Å². The summed E-state index contributed by atoms with van der Waals surface area (Å²) in [5, 5.41) is 8.76. The van der Waals surface area contributed by atoms with Gasteiger partial charge in [0.2, 0.25) is 0 Å². The molecule has 130 valence electrons. The van der Waals surface area contributed by atoms with Crippen molar-refractivity contribution in [1.82, 2.24) is 0 Å². The van der Waals surface area contributed by atoms with E-state index in [4.69, 9.17) is 9.47 Å². The molecule has 0 N–H and O–H groups in total. The van der Waals surface area contributed by atoms with Gasteiger partial charge in [-0.2, -0.15) is 5.10 Å². The van der Waals surface area contributed by atoms with Gasteiger partial charge in [0.05, 0.1) is 20.4 Å². The molecular formula is C22H20N2O2. The third kappa shape index (κ3) is 4.16. The Balaban J connectivity index is 1.93. The molecule has 4 nitrogen and oxygen atoms in total. The van der Waals surface area contributed by atoms with E-state index in [1.54, 1.807) is 20.4 Å². The lowest BCUT2D eigenvalue weighted by molar-refractivity contribution is 0.355. The SMILES string of the molecule is COc1ccc(C=NN=C(c2ccccc2)c2ccccc2)cc1OC. The second-order valence-electron chi connectivity index (χ2n) is 5.54. The molecule has 0 atom stereocenters. The maximum Gasteiger partial charge on any atom is 0.161 e. The van der Waals surface area contributed by atoms with E-state index in [1.807, 2.05) is 78.9 Å². The molecule has 0 radical (unpaired) electrons. The van der Waals surface area contributed by atoms with Crippen LogP contribution in [0.3, 0.4) is 0 Å². The fourth-order valence-electron chi connectivity index (χ4n) is 2.56. The van der Waals surface area contributed by atoms with Crippen molar-refractivity contribution in [2.45, 2.75) is 0 Å². The zero-order valence-corrected chi connectivity index (χ0v) is 14.8. The first kappa shape index (κ1) is 17.4. The van der Waals surface area contributed by atoms with Gasteiger partial charge in [-0.15, -0.1) is 5.10 Å². The summed E-state index contributed by atoms with van der Waals surface area (Å²) in [6, 6.07) is 25.7. The number of benzene rings is 3. The summed E-state index contributed by atoms with van der Waals surface area (Å²) in [6.45, 7) is 0. The van der Waals surface area contributed by atoms with Gasteiger partial charge in [0.25, 0.3) is 0 Å². The summed E-state index contributed by atoms with van der Waals surface area (Å²) in [5.74, 6) is 1.34. The average molecular weight is 344 g/mol. The summed E-state index contributed by atoms with van der Waals surface area (Å²) in [4.78, 5) is 0. The highest BCUT2D eigenvalue weighted by Gasteiger charge is 2.06. The van der Waals surface area contributed by atoms with Crippen molar-refractivity contribution < 1.29 is 9.47 Å². The Morgan fingerprint density at radius 2 is 1.31 bits per heavy atom. The molecule has 0 bridgehead atoms. The molecular weight excluding hydrogens is 324 g/mol. The largest absolute Gasteiger partial charge is 0.493 e. The van der Waals surface area contributed by atoms with Gasteiger partial charge >= 0.3 is 0 Å². The van der Waals surface area contributed by atoms with Crippen molar-refractivity contribution in [2.75, 3.05) is 14.2 Å². The number of hydrogen-bond acceptors (Lipinski definition) is 4. The van der Waals surface area contributed by atoms with Gasteiger partial charge in [-0.3, -0.25) is 0 Å². The Morgan fingerprint density at radius 1 is 0.731 bits per heavy atom. The normalized spacial score (nSPS) is 10.5. The average Bonchev–Trinajstić information content (AvgIpc) is 2.72. The fraction of sp³-hybridized carbons (Fsp3) is 0.0909. The highest BCUT2D eigenvalue weighted by molar-refractivity contribution is 6.12. The molecule has 3 rings (SSSR count). The van der Waals surface area contributed by atoms with Crippen LogP contribution in [-0.2, 0) is 0 Å². The van der Waals surface area contributed by atoms with Gasteiger partial charge in [-0.1, -0.05) is 60.7 Å². The summed E-state index contributed by atoms with van der Waals surface area (Å²) in [6.07, 6.45) is 1.70. The number of methoxy groups -OCH3 is 2. The summed E-state index contributed by atoms with van der Waals surface area (Å²) in [7, 11) is 3.22. The van der Waals surface area contributed by atoms with E-state index in [0.29, 0.717) is 11.5 Å². The summed E-state index contributed by atoms with van der Waals surface area (Å²) in [5.41, 5.74) is 3.74. The lowest BCUT2D eigenvalue weighted by Gasteiger charge is -2.07. The topological polar surface area (TPSA) is 43.2 Å². The van der Waals surface area contributed by atoms with Crippen molar-refractivity contribution in [3.63, 3.8) is 0 Å². The molecule has 3 aromatic rings. The first-order chi connectivity index (χ1) is 12.8. The van der Waals surface area contributed by atoms with Gasteiger partial charge in [-0.25, -0.2) is 0 Å². The fourth-order valence-corrected chi connectivity index (χ4v) is 2.56. The molecule has 0 saturated heterocycles. The Labute approximate surface area is 153 Å². The van der Waals surface area contributed by atoms with Gasteiger partial charge in [-0.05, 0) is 23.8 Å². The van der Waals surface area contributed by atoms with Crippen molar-refractivity contribution in [1.29, 1.82) is 0 Å². The molecule has 0 spiro atoms. The highest BCUT2D eigenvalue weighted by atomic mass is 16.5. The van der Waals surface area contributed by atoms with E-state index in [-0.39, 0.29) is 0 Å². The van der Waals surface area contributed by atoms with Gasteiger partial charge in [0.15, 0.2) is 11.5 Å².